The first-order valence-corrected chi connectivity index (χ1v) is 15.9. The van der Waals surface area contributed by atoms with E-state index in [1.807, 2.05) is 6.08 Å². The number of aliphatic hydroxyl groups is 2. The fourth-order valence-corrected chi connectivity index (χ4v) is 7.04. The zero-order valence-electron chi connectivity index (χ0n) is 28.3. The van der Waals surface area contributed by atoms with Crippen LogP contribution >= 0.6 is 0 Å². The molecule has 2 N–H and O–H groups in total. The summed E-state index contributed by atoms with van der Waals surface area (Å²) in [6, 6.07) is 0. The van der Waals surface area contributed by atoms with E-state index in [0.29, 0.717) is 12.3 Å². The Morgan fingerprint density at radius 1 is 0.744 bits per heavy atom. The van der Waals surface area contributed by atoms with Crippen LogP contribution in [0.15, 0.2) is 119 Å². The van der Waals surface area contributed by atoms with Crippen LogP contribution in [-0.2, 0) is 4.74 Å². The molecule has 1 heterocycles. The lowest BCUT2D eigenvalue weighted by Crippen LogP contribution is -2.45. The minimum absolute atomic E-state index is 0.0467. The van der Waals surface area contributed by atoms with Gasteiger partial charge in [0.15, 0.2) is 0 Å². The molecular formula is C40H56O3. The van der Waals surface area contributed by atoms with Crippen LogP contribution in [0.4, 0.5) is 0 Å². The van der Waals surface area contributed by atoms with Crippen molar-refractivity contribution in [1.29, 1.82) is 0 Å². The van der Waals surface area contributed by atoms with Crippen LogP contribution in [0.25, 0.3) is 0 Å². The number of rotatable bonds is 9. The van der Waals surface area contributed by atoms with Gasteiger partial charge in [-0.15, -0.1) is 0 Å². The molecular weight excluding hydrogens is 528 g/mol. The van der Waals surface area contributed by atoms with Gasteiger partial charge in [-0.05, 0) is 82.4 Å². The van der Waals surface area contributed by atoms with Crippen molar-refractivity contribution in [3.05, 3.63) is 119 Å². The molecule has 3 heteroatoms. The number of allylic oxidation sites excluding steroid dienone is 16. The van der Waals surface area contributed by atoms with Crippen LogP contribution in [0.5, 0.6) is 0 Å². The molecule has 0 amide bonds. The van der Waals surface area contributed by atoms with Crippen molar-refractivity contribution in [3.8, 4) is 0 Å². The summed E-state index contributed by atoms with van der Waals surface area (Å²) in [5.41, 5.74) is 6.92. The van der Waals surface area contributed by atoms with Crippen LogP contribution in [0.2, 0.25) is 0 Å². The Labute approximate surface area is 262 Å². The quantitative estimate of drug-likeness (QED) is 0.210. The van der Waals surface area contributed by atoms with Crippen LogP contribution in [0.1, 0.15) is 88.5 Å². The first-order chi connectivity index (χ1) is 20.0. The molecule has 0 aromatic heterocycles. The van der Waals surface area contributed by atoms with E-state index >= 15 is 0 Å². The molecule has 3 aliphatic rings. The Morgan fingerprint density at radius 2 is 1.30 bits per heavy atom. The molecule has 0 aromatic rings. The monoisotopic (exact) mass is 584 g/mol. The van der Waals surface area contributed by atoms with E-state index in [0.717, 1.165) is 12.8 Å². The van der Waals surface area contributed by atoms with E-state index in [1.165, 1.54) is 33.4 Å². The molecule has 234 valence electrons. The number of hydrogen-bond donors (Lipinski definition) is 2. The second-order valence-corrected chi connectivity index (χ2v) is 14.5. The van der Waals surface area contributed by atoms with E-state index in [-0.39, 0.29) is 34.7 Å². The van der Waals surface area contributed by atoms with Crippen molar-refractivity contribution >= 4 is 0 Å². The standard InChI is InChI=1S/C40H56O3/c1-28(17-13-18-30(3)21-22-35-32(5)23-33(41)25-38(35,6)7)15-11-12-16-29(2)19-14-20-31(4)36-24-37-39(8,9)26-34(42)27-40(37,10)43-36/h11-24,33-36,41-42H,25-27H2,1-10H3/b12-11+,17-13+,19-14+,22-21+,28-15+,29-16+,30-18+,31-20+/t33-,34+,35-,36+,40?/m0/s1. The van der Waals surface area contributed by atoms with Gasteiger partial charge in [-0.2, -0.15) is 0 Å². The highest BCUT2D eigenvalue weighted by molar-refractivity contribution is 5.37. The van der Waals surface area contributed by atoms with Gasteiger partial charge in [0.05, 0.1) is 23.9 Å². The Morgan fingerprint density at radius 3 is 1.91 bits per heavy atom. The van der Waals surface area contributed by atoms with Crippen molar-refractivity contribution in [2.75, 3.05) is 0 Å². The molecule has 5 atom stereocenters. The highest BCUT2D eigenvalue weighted by Crippen LogP contribution is 2.52. The van der Waals surface area contributed by atoms with E-state index in [4.69, 9.17) is 4.74 Å². The minimum Gasteiger partial charge on any atom is -0.393 e. The summed E-state index contributed by atoms with van der Waals surface area (Å²) in [6.45, 7) is 21.6. The van der Waals surface area contributed by atoms with E-state index in [1.54, 1.807) is 0 Å². The number of aliphatic hydroxyl groups excluding tert-OH is 2. The van der Waals surface area contributed by atoms with Gasteiger partial charge in [-0.3, -0.25) is 0 Å². The minimum atomic E-state index is -0.382. The lowest BCUT2D eigenvalue weighted by molar-refractivity contribution is -0.0683. The van der Waals surface area contributed by atoms with Crippen LogP contribution in [-0.4, -0.2) is 34.1 Å². The van der Waals surface area contributed by atoms with E-state index in [9.17, 15) is 10.2 Å². The fraction of sp³-hybridized carbons (Fsp3) is 0.500. The summed E-state index contributed by atoms with van der Waals surface area (Å²) in [7, 11) is 0. The van der Waals surface area contributed by atoms with Crippen LogP contribution in [0, 0.1) is 16.7 Å². The third kappa shape index (κ3) is 9.63. The molecule has 2 aliphatic carbocycles. The lowest BCUT2D eigenvalue weighted by atomic mass is 9.65. The van der Waals surface area contributed by atoms with Gasteiger partial charge in [0.1, 0.15) is 0 Å². The molecule has 1 unspecified atom stereocenters. The van der Waals surface area contributed by atoms with Gasteiger partial charge >= 0.3 is 0 Å². The summed E-state index contributed by atoms with van der Waals surface area (Å²) >= 11 is 0. The fourth-order valence-electron chi connectivity index (χ4n) is 7.04. The van der Waals surface area contributed by atoms with Crippen molar-refractivity contribution in [3.63, 3.8) is 0 Å². The normalized spacial score (nSPS) is 32.3. The van der Waals surface area contributed by atoms with E-state index < -0.39 is 0 Å². The van der Waals surface area contributed by atoms with E-state index in [2.05, 4.69) is 148 Å². The maximum absolute atomic E-state index is 10.4. The average molecular weight is 585 g/mol. The molecule has 0 aromatic carbocycles. The van der Waals surface area contributed by atoms with Gasteiger partial charge in [-0.1, -0.05) is 129 Å². The summed E-state index contributed by atoms with van der Waals surface area (Å²) in [5.74, 6) is 0.344. The van der Waals surface area contributed by atoms with Gasteiger partial charge in [0.25, 0.3) is 0 Å². The molecule has 0 bridgehead atoms. The van der Waals surface area contributed by atoms with Gasteiger partial charge < -0.3 is 14.9 Å². The number of ether oxygens (including phenoxy) is 1. The molecule has 3 rings (SSSR count). The zero-order valence-corrected chi connectivity index (χ0v) is 28.3. The Kier molecular flexibility index (Phi) is 11.6. The average Bonchev–Trinajstić information content (AvgIpc) is 3.23. The molecule has 1 saturated carbocycles. The Hall–Kier alpha value is -2.72. The Bertz CT molecular complexity index is 1320. The Balaban J connectivity index is 1.52. The van der Waals surface area contributed by atoms with Crippen molar-refractivity contribution in [2.45, 2.75) is 112 Å². The molecule has 3 nitrogen and oxygen atoms in total. The molecule has 0 radical (unpaired) electrons. The van der Waals surface area contributed by atoms with Gasteiger partial charge in [-0.25, -0.2) is 0 Å². The lowest BCUT2D eigenvalue weighted by Gasteiger charge is -2.44. The van der Waals surface area contributed by atoms with Crippen molar-refractivity contribution < 1.29 is 14.9 Å². The maximum atomic E-state index is 10.4. The SMILES string of the molecule is CC1=C[C@H](O)CC(C)(C)[C@H]1/C=C/C(C)=C/C=C/C(C)=C/C=C/C=C(C)/C=C/C=C(\C)[C@H]1C=C2C(C)(C)C[C@@H](O)CC2(C)O1. The second-order valence-electron chi connectivity index (χ2n) is 14.5. The number of hydrogen-bond acceptors (Lipinski definition) is 3. The predicted molar refractivity (Wildman–Crippen MR) is 184 cm³/mol. The van der Waals surface area contributed by atoms with Gasteiger partial charge in [0.2, 0.25) is 0 Å². The third-order valence-electron chi connectivity index (χ3n) is 9.16. The first kappa shape index (κ1) is 34.8. The summed E-state index contributed by atoms with van der Waals surface area (Å²) in [5, 5.41) is 20.5. The first-order valence-electron chi connectivity index (χ1n) is 15.9. The molecule has 0 spiro atoms. The highest BCUT2D eigenvalue weighted by atomic mass is 16.5. The molecule has 1 aliphatic heterocycles. The molecule has 0 saturated heterocycles. The van der Waals surface area contributed by atoms with Crippen LogP contribution in [0.3, 0.4) is 0 Å². The molecule has 43 heavy (non-hydrogen) atoms. The van der Waals surface area contributed by atoms with Gasteiger partial charge in [0, 0.05) is 12.3 Å². The smallest absolute Gasteiger partial charge is 0.0982 e. The topological polar surface area (TPSA) is 49.7 Å². The number of fused-ring (bicyclic) bond motifs is 1. The second kappa shape index (κ2) is 14.4. The van der Waals surface area contributed by atoms with Crippen molar-refractivity contribution in [2.24, 2.45) is 16.7 Å². The predicted octanol–water partition coefficient (Wildman–Crippen LogP) is 9.61. The largest absolute Gasteiger partial charge is 0.393 e. The van der Waals surface area contributed by atoms with Crippen molar-refractivity contribution in [1.82, 2.24) is 0 Å². The third-order valence-corrected chi connectivity index (χ3v) is 9.16. The maximum Gasteiger partial charge on any atom is 0.0982 e. The zero-order chi connectivity index (χ0) is 32.0. The summed E-state index contributed by atoms with van der Waals surface area (Å²) in [4.78, 5) is 0. The van der Waals surface area contributed by atoms with Crippen LogP contribution < -0.4 is 0 Å². The molecule has 1 fully saturated rings. The summed E-state index contributed by atoms with van der Waals surface area (Å²) in [6.07, 6.45) is 31.3. The highest BCUT2D eigenvalue weighted by Gasteiger charge is 2.50. The summed E-state index contributed by atoms with van der Waals surface area (Å²) < 4.78 is 6.46.